The number of hydrogen-bond donors (Lipinski definition) is 1. The van der Waals surface area contributed by atoms with Crippen LogP contribution in [-0.2, 0) is 11.3 Å². The Bertz CT molecular complexity index is 505. The first kappa shape index (κ1) is 14.5. The van der Waals surface area contributed by atoms with Crippen molar-refractivity contribution in [1.29, 1.82) is 0 Å². The molecule has 4 heteroatoms. The zero-order valence-electron chi connectivity index (χ0n) is 12.0. The predicted molar refractivity (Wildman–Crippen MR) is 81.0 cm³/mol. The van der Waals surface area contributed by atoms with Gasteiger partial charge in [0.05, 0.1) is 6.10 Å². The molecule has 1 saturated carbocycles. The molecule has 3 rings (SSSR count). The average Bonchev–Trinajstić information content (AvgIpc) is 2.42. The molecule has 1 aromatic carbocycles. The Morgan fingerprint density at radius 2 is 2.25 bits per heavy atom. The summed E-state index contributed by atoms with van der Waals surface area (Å²) in [6.07, 6.45) is 2.72. The predicted octanol–water partition coefficient (Wildman–Crippen LogP) is 3.88. The van der Waals surface area contributed by atoms with Crippen LogP contribution >= 0.6 is 15.9 Å². The van der Waals surface area contributed by atoms with Gasteiger partial charge in [0.25, 0.3) is 0 Å². The molecule has 2 fully saturated rings. The van der Waals surface area contributed by atoms with Crippen molar-refractivity contribution in [1.82, 2.24) is 5.32 Å². The summed E-state index contributed by atoms with van der Waals surface area (Å²) in [5.41, 5.74) is 0.850. The van der Waals surface area contributed by atoms with Crippen molar-refractivity contribution in [3.63, 3.8) is 0 Å². The van der Waals surface area contributed by atoms with Gasteiger partial charge in [-0.3, -0.25) is 0 Å². The highest BCUT2D eigenvalue weighted by Crippen LogP contribution is 2.51. The molecule has 1 aromatic rings. The van der Waals surface area contributed by atoms with Gasteiger partial charge in [-0.25, -0.2) is 4.39 Å². The van der Waals surface area contributed by atoms with Crippen LogP contribution in [0.3, 0.4) is 0 Å². The Hall–Kier alpha value is -0.450. The summed E-state index contributed by atoms with van der Waals surface area (Å²) in [6.45, 7) is 5.95. The van der Waals surface area contributed by atoms with Crippen LogP contribution in [0.4, 0.5) is 4.39 Å². The van der Waals surface area contributed by atoms with Gasteiger partial charge in [-0.15, -0.1) is 0 Å². The Morgan fingerprint density at radius 1 is 1.45 bits per heavy atom. The van der Waals surface area contributed by atoms with E-state index < -0.39 is 0 Å². The number of fused-ring (bicyclic) bond motifs is 1. The van der Waals surface area contributed by atoms with Gasteiger partial charge in [-0.1, -0.05) is 29.8 Å². The lowest BCUT2D eigenvalue weighted by Gasteiger charge is -2.60. The second kappa shape index (κ2) is 5.39. The van der Waals surface area contributed by atoms with Crippen LogP contribution in [0.2, 0.25) is 0 Å². The van der Waals surface area contributed by atoms with E-state index in [9.17, 15) is 4.39 Å². The minimum absolute atomic E-state index is 0.133. The number of hydrogen-bond acceptors (Lipinski definition) is 2. The monoisotopic (exact) mass is 341 g/mol. The highest BCUT2D eigenvalue weighted by molar-refractivity contribution is 9.10. The van der Waals surface area contributed by atoms with Crippen molar-refractivity contribution >= 4 is 15.9 Å². The second-order valence-electron chi connectivity index (χ2n) is 6.51. The molecular weight excluding hydrogens is 321 g/mol. The van der Waals surface area contributed by atoms with E-state index in [1.165, 1.54) is 12.5 Å². The molecule has 0 amide bonds. The molecule has 110 valence electrons. The summed E-state index contributed by atoms with van der Waals surface area (Å²) in [4.78, 5) is 0. The number of nitrogens with one attached hydrogen (secondary N) is 1. The zero-order valence-corrected chi connectivity index (χ0v) is 13.5. The van der Waals surface area contributed by atoms with E-state index in [-0.39, 0.29) is 11.2 Å². The van der Waals surface area contributed by atoms with E-state index >= 15 is 0 Å². The Morgan fingerprint density at radius 3 is 3.05 bits per heavy atom. The minimum atomic E-state index is -0.144. The molecule has 20 heavy (non-hydrogen) atoms. The summed E-state index contributed by atoms with van der Waals surface area (Å²) in [7, 11) is 0. The zero-order chi connectivity index (χ0) is 14.3. The minimum Gasteiger partial charge on any atom is -0.377 e. The average molecular weight is 342 g/mol. The Labute approximate surface area is 128 Å². The molecule has 0 bridgehead atoms. The maximum Gasteiger partial charge on any atom is 0.127 e. The number of halogens is 2. The SMILES string of the molecule is CC1(C)C(NCc2cc(Br)ccc2F)C2CCCOC21. The van der Waals surface area contributed by atoms with Gasteiger partial charge in [-0.05, 0) is 31.0 Å². The van der Waals surface area contributed by atoms with Crippen LogP contribution in [-0.4, -0.2) is 18.8 Å². The van der Waals surface area contributed by atoms with Crippen LogP contribution in [0.1, 0.15) is 32.3 Å². The molecular formula is C16H21BrFNO. The molecule has 1 N–H and O–H groups in total. The van der Waals surface area contributed by atoms with E-state index in [1.807, 2.05) is 6.07 Å². The number of ether oxygens (including phenoxy) is 1. The van der Waals surface area contributed by atoms with Crippen molar-refractivity contribution in [2.75, 3.05) is 6.61 Å². The first-order valence-corrected chi connectivity index (χ1v) is 8.08. The van der Waals surface area contributed by atoms with Gasteiger partial charge in [-0.2, -0.15) is 0 Å². The highest BCUT2D eigenvalue weighted by atomic mass is 79.9. The largest absolute Gasteiger partial charge is 0.377 e. The van der Waals surface area contributed by atoms with Crippen molar-refractivity contribution in [3.05, 3.63) is 34.1 Å². The topological polar surface area (TPSA) is 21.3 Å². The van der Waals surface area contributed by atoms with Crippen LogP contribution in [0.5, 0.6) is 0 Å². The molecule has 3 atom stereocenters. The van der Waals surface area contributed by atoms with Crippen LogP contribution < -0.4 is 5.32 Å². The van der Waals surface area contributed by atoms with Crippen LogP contribution in [0, 0.1) is 17.2 Å². The molecule has 2 nitrogen and oxygen atoms in total. The fraction of sp³-hybridized carbons (Fsp3) is 0.625. The van der Waals surface area contributed by atoms with Crippen molar-refractivity contribution in [2.24, 2.45) is 11.3 Å². The maximum atomic E-state index is 13.8. The molecule has 0 spiro atoms. The smallest absolute Gasteiger partial charge is 0.127 e. The standard InChI is InChI=1S/C16H21BrFNO/c1-16(2)14(12-4-3-7-20-15(12)16)19-9-10-8-11(17)5-6-13(10)18/h5-6,8,12,14-15,19H,3-4,7,9H2,1-2H3. The molecule has 0 radical (unpaired) electrons. The lowest BCUT2D eigenvalue weighted by atomic mass is 9.55. The lowest BCUT2D eigenvalue weighted by molar-refractivity contribution is -0.193. The van der Waals surface area contributed by atoms with Crippen molar-refractivity contribution in [2.45, 2.75) is 45.4 Å². The summed E-state index contributed by atoms with van der Waals surface area (Å²) < 4.78 is 20.6. The number of rotatable bonds is 3. The van der Waals surface area contributed by atoms with Gasteiger partial charge in [0.1, 0.15) is 5.82 Å². The van der Waals surface area contributed by atoms with Gasteiger partial charge in [0.2, 0.25) is 0 Å². The van der Waals surface area contributed by atoms with Gasteiger partial charge in [0.15, 0.2) is 0 Å². The summed E-state index contributed by atoms with van der Waals surface area (Å²) in [6, 6.07) is 5.51. The van der Waals surface area contributed by atoms with E-state index in [1.54, 1.807) is 6.07 Å². The fourth-order valence-electron chi connectivity index (χ4n) is 3.84. The maximum absolute atomic E-state index is 13.8. The quantitative estimate of drug-likeness (QED) is 0.900. The molecule has 1 saturated heterocycles. The molecule has 1 heterocycles. The summed E-state index contributed by atoms with van der Waals surface area (Å²) >= 11 is 3.40. The first-order valence-electron chi connectivity index (χ1n) is 7.29. The molecule has 0 aromatic heterocycles. The number of benzene rings is 1. The third-order valence-electron chi connectivity index (χ3n) is 4.85. The Balaban J connectivity index is 1.67. The molecule has 3 unspecified atom stereocenters. The Kier molecular flexibility index (Phi) is 3.91. The molecule has 1 aliphatic heterocycles. The first-order chi connectivity index (χ1) is 9.50. The van der Waals surface area contributed by atoms with Crippen molar-refractivity contribution < 1.29 is 9.13 Å². The lowest BCUT2D eigenvalue weighted by Crippen LogP contribution is -2.69. The normalized spacial score (nSPS) is 31.5. The van der Waals surface area contributed by atoms with Crippen LogP contribution in [0.15, 0.2) is 22.7 Å². The van der Waals surface area contributed by atoms with Gasteiger partial charge >= 0.3 is 0 Å². The fourth-order valence-corrected chi connectivity index (χ4v) is 4.24. The van der Waals surface area contributed by atoms with Gasteiger partial charge < -0.3 is 10.1 Å². The third-order valence-corrected chi connectivity index (χ3v) is 5.34. The van der Waals surface area contributed by atoms with E-state index in [0.717, 1.165) is 23.1 Å². The summed E-state index contributed by atoms with van der Waals surface area (Å²) in [5.74, 6) is 0.434. The highest BCUT2D eigenvalue weighted by Gasteiger charge is 2.57. The second-order valence-corrected chi connectivity index (χ2v) is 7.43. The van der Waals surface area contributed by atoms with E-state index in [4.69, 9.17) is 4.74 Å². The van der Waals surface area contributed by atoms with Gasteiger partial charge in [0, 0.05) is 40.6 Å². The third kappa shape index (κ3) is 2.42. The molecule has 1 aliphatic carbocycles. The molecule has 2 aliphatic rings. The van der Waals surface area contributed by atoms with Crippen molar-refractivity contribution in [3.8, 4) is 0 Å². The van der Waals surface area contributed by atoms with E-state index in [0.29, 0.717) is 24.6 Å². The van der Waals surface area contributed by atoms with Crippen LogP contribution in [0.25, 0.3) is 0 Å². The summed E-state index contributed by atoms with van der Waals surface area (Å²) in [5, 5.41) is 3.55. The van der Waals surface area contributed by atoms with E-state index in [2.05, 4.69) is 35.1 Å².